The van der Waals surface area contributed by atoms with Crippen LogP contribution in [0.25, 0.3) is 22.4 Å². The Morgan fingerprint density at radius 2 is 1.93 bits per heavy atom. The average molecular weight is 408 g/mol. The number of aromatic nitrogens is 4. The molecule has 0 N–H and O–H groups in total. The van der Waals surface area contributed by atoms with E-state index in [1.807, 2.05) is 34.0 Å². The van der Waals surface area contributed by atoms with Crippen molar-refractivity contribution in [1.29, 1.82) is 0 Å². The van der Waals surface area contributed by atoms with Crippen LogP contribution < -0.4 is 4.90 Å². The van der Waals surface area contributed by atoms with Gasteiger partial charge in [-0.3, -0.25) is 9.48 Å². The zero-order chi connectivity index (χ0) is 20.1. The number of ether oxygens (including phenoxy) is 1. The van der Waals surface area contributed by atoms with Crippen molar-refractivity contribution in [3.63, 3.8) is 0 Å². The lowest BCUT2D eigenvalue weighted by molar-refractivity contribution is -0.138. The SMILES string of the molecule is O=C(C1CCC1)N1CCN(c2noc(-c3ccc4cnn(C5COC5)c4c3)n2)CC1. The molecule has 3 fully saturated rings. The highest BCUT2D eigenvalue weighted by molar-refractivity contribution is 5.83. The van der Waals surface area contributed by atoms with Gasteiger partial charge < -0.3 is 19.1 Å². The number of amides is 1. The van der Waals surface area contributed by atoms with Crippen LogP contribution in [0.2, 0.25) is 0 Å². The van der Waals surface area contributed by atoms with Crippen LogP contribution in [0.15, 0.2) is 28.9 Å². The predicted octanol–water partition coefficient (Wildman–Crippen LogP) is 2.11. The molecule has 0 spiro atoms. The molecule has 156 valence electrons. The molecule has 0 radical (unpaired) electrons. The van der Waals surface area contributed by atoms with Crippen molar-refractivity contribution in [1.82, 2.24) is 24.8 Å². The third kappa shape index (κ3) is 2.96. The van der Waals surface area contributed by atoms with Crippen molar-refractivity contribution in [2.45, 2.75) is 25.3 Å². The summed E-state index contributed by atoms with van der Waals surface area (Å²) < 4.78 is 12.9. The molecule has 3 aromatic rings. The van der Waals surface area contributed by atoms with E-state index in [0.717, 1.165) is 42.4 Å². The molecule has 3 aliphatic rings. The molecular weight excluding hydrogens is 384 g/mol. The lowest BCUT2D eigenvalue weighted by Gasteiger charge is -2.37. The van der Waals surface area contributed by atoms with Crippen molar-refractivity contribution in [2.75, 3.05) is 44.3 Å². The minimum absolute atomic E-state index is 0.253. The van der Waals surface area contributed by atoms with E-state index in [1.165, 1.54) is 6.42 Å². The Balaban J connectivity index is 1.17. The molecule has 2 aliphatic heterocycles. The van der Waals surface area contributed by atoms with Gasteiger partial charge in [-0.15, -0.1) is 0 Å². The zero-order valence-electron chi connectivity index (χ0n) is 16.7. The summed E-state index contributed by atoms with van der Waals surface area (Å²) >= 11 is 0. The molecule has 1 saturated carbocycles. The van der Waals surface area contributed by atoms with Crippen molar-refractivity contribution in [3.05, 3.63) is 24.4 Å². The van der Waals surface area contributed by atoms with Gasteiger partial charge in [0.05, 0.1) is 31.0 Å². The van der Waals surface area contributed by atoms with Gasteiger partial charge in [0.15, 0.2) is 0 Å². The average Bonchev–Trinajstić information content (AvgIpc) is 3.33. The van der Waals surface area contributed by atoms with E-state index in [0.29, 0.717) is 44.0 Å². The number of rotatable bonds is 4. The van der Waals surface area contributed by atoms with E-state index >= 15 is 0 Å². The summed E-state index contributed by atoms with van der Waals surface area (Å²) in [7, 11) is 0. The monoisotopic (exact) mass is 408 g/mol. The second-order valence-corrected chi connectivity index (χ2v) is 8.39. The smallest absolute Gasteiger partial charge is 0.266 e. The van der Waals surface area contributed by atoms with Gasteiger partial charge in [-0.1, -0.05) is 12.5 Å². The number of anilines is 1. The number of benzene rings is 1. The summed E-state index contributed by atoms with van der Waals surface area (Å²) in [4.78, 5) is 21.1. The van der Waals surface area contributed by atoms with Crippen molar-refractivity contribution >= 4 is 22.8 Å². The highest BCUT2D eigenvalue weighted by Gasteiger charge is 2.32. The number of piperazine rings is 1. The molecule has 1 aliphatic carbocycles. The van der Waals surface area contributed by atoms with Gasteiger partial charge in [-0.2, -0.15) is 10.1 Å². The number of carbonyl (C=O) groups is 1. The second-order valence-electron chi connectivity index (χ2n) is 8.39. The maximum atomic E-state index is 12.4. The van der Waals surface area contributed by atoms with E-state index in [4.69, 9.17) is 9.26 Å². The first-order valence-electron chi connectivity index (χ1n) is 10.7. The lowest BCUT2D eigenvalue weighted by atomic mass is 9.84. The van der Waals surface area contributed by atoms with Crippen LogP contribution in [0, 0.1) is 5.92 Å². The maximum absolute atomic E-state index is 12.4. The standard InChI is InChI=1S/C21H24N6O3/c28-20(14-2-1-3-14)25-6-8-26(9-7-25)21-23-19(30-24-21)15-4-5-16-11-22-27(18(16)10-15)17-12-29-13-17/h4-5,10-11,14,17H,1-3,6-9,12-13H2. The quantitative estimate of drug-likeness (QED) is 0.653. The van der Waals surface area contributed by atoms with E-state index in [-0.39, 0.29) is 12.0 Å². The number of hydrogen-bond acceptors (Lipinski definition) is 7. The third-order valence-corrected chi connectivity index (χ3v) is 6.56. The molecular formula is C21H24N6O3. The largest absolute Gasteiger partial charge is 0.377 e. The molecule has 0 unspecified atom stereocenters. The maximum Gasteiger partial charge on any atom is 0.266 e. The first-order valence-corrected chi connectivity index (χ1v) is 10.7. The molecule has 9 nitrogen and oxygen atoms in total. The van der Waals surface area contributed by atoms with Gasteiger partial charge >= 0.3 is 0 Å². The predicted molar refractivity (Wildman–Crippen MR) is 109 cm³/mol. The van der Waals surface area contributed by atoms with Gasteiger partial charge in [-0.05, 0) is 30.1 Å². The fraction of sp³-hybridized carbons (Fsp3) is 0.524. The van der Waals surface area contributed by atoms with E-state index in [9.17, 15) is 4.79 Å². The number of fused-ring (bicyclic) bond motifs is 1. The minimum atomic E-state index is 0.253. The normalized spacial score (nSPS) is 20.4. The first-order chi connectivity index (χ1) is 14.8. The molecule has 2 aromatic heterocycles. The molecule has 4 heterocycles. The fourth-order valence-corrected chi connectivity index (χ4v) is 4.33. The molecule has 0 atom stereocenters. The summed E-state index contributed by atoms with van der Waals surface area (Å²) in [6, 6.07) is 6.35. The van der Waals surface area contributed by atoms with Gasteiger partial charge in [-0.25, -0.2) is 0 Å². The summed E-state index contributed by atoms with van der Waals surface area (Å²) in [5.74, 6) is 1.65. The van der Waals surface area contributed by atoms with Crippen molar-refractivity contribution < 1.29 is 14.1 Å². The van der Waals surface area contributed by atoms with Crippen LogP contribution in [-0.4, -0.2) is 70.1 Å². The summed E-state index contributed by atoms with van der Waals surface area (Å²) in [5.41, 5.74) is 1.92. The van der Waals surface area contributed by atoms with Gasteiger partial charge in [0, 0.05) is 43.0 Å². The first kappa shape index (κ1) is 17.9. The zero-order valence-corrected chi connectivity index (χ0v) is 16.7. The van der Waals surface area contributed by atoms with Crippen LogP contribution in [0.1, 0.15) is 25.3 Å². The van der Waals surface area contributed by atoms with Gasteiger partial charge in [0.25, 0.3) is 11.8 Å². The molecule has 1 amide bonds. The van der Waals surface area contributed by atoms with Crippen LogP contribution in [-0.2, 0) is 9.53 Å². The van der Waals surface area contributed by atoms with Crippen molar-refractivity contribution in [3.8, 4) is 11.5 Å². The van der Waals surface area contributed by atoms with Crippen molar-refractivity contribution in [2.24, 2.45) is 5.92 Å². The minimum Gasteiger partial charge on any atom is -0.377 e. The highest BCUT2D eigenvalue weighted by Crippen LogP contribution is 2.30. The Morgan fingerprint density at radius 3 is 2.63 bits per heavy atom. The summed E-state index contributed by atoms with van der Waals surface area (Å²) in [6.45, 7) is 4.28. The van der Waals surface area contributed by atoms with E-state index in [2.05, 4.69) is 20.1 Å². The molecule has 9 heteroatoms. The Kier molecular flexibility index (Phi) is 4.22. The Labute approximate surface area is 173 Å². The summed E-state index contributed by atoms with van der Waals surface area (Å²) in [5, 5.41) is 9.78. The Morgan fingerprint density at radius 1 is 1.10 bits per heavy atom. The number of hydrogen-bond donors (Lipinski definition) is 0. The van der Waals surface area contributed by atoms with Crippen LogP contribution in [0.3, 0.4) is 0 Å². The van der Waals surface area contributed by atoms with Gasteiger partial charge in [0.2, 0.25) is 5.91 Å². The Bertz CT molecular complexity index is 1080. The topological polar surface area (TPSA) is 89.5 Å². The lowest BCUT2D eigenvalue weighted by Crippen LogP contribution is -2.51. The third-order valence-electron chi connectivity index (χ3n) is 6.56. The molecule has 1 aromatic carbocycles. The molecule has 30 heavy (non-hydrogen) atoms. The number of nitrogens with zero attached hydrogens (tertiary/aromatic N) is 6. The fourth-order valence-electron chi connectivity index (χ4n) is 4.33. The molecule has 2 saturated heterocycles. The molecule has 6 rings (SSSR count). The van der Waals surface area contributed by atoms with E-state index < -0.39 is 0 Å². The second kappa shape index (κ2) is 7.09. The van der Waals surface area contributed by atoms with Crippen LogP contribution >= 0.6 is 0 Å². The number of carbonyl (C=O) groups excluding carboxylic acids is 1. The van der Waals surface area contributed by atoms with E-state index in [1.54, 1.807) is 0 Å². The Hall–Kier alpha value is -2.94. The summed E-state index contributed by atoms with van der Waals surface area (Å²) in [6.07, 6.45) is 5.15. The highest BCUT2D eigenvalue weighted by atomic mass is 16.5. The molecule has 0 bridgehead atoms. The van der Waals surface area contributed by atoms with Crippen LogP contribution in [0.5, 0.6) is 0 Å². The van der Waals surface area contributed by atoms with Gasteiger partial charge in [0.1, 0.15) is 0 Å². The van der Waals surface area contributed by atoms with Crippen LogP contribution in [0.4, 0.5) is 5.95 Å².